The van der Waals surface area contributed by atoms with Crippen LogP contribution in [0.25, 0.3) is 0 Å². The molecule has 0 amide bonds. The summed E-state index contributed by atoms with van der Waals surface area (Å²) in [5.41, 5.74) is 3.98. The summed E-state index contributed by atoms with van der Waals surface area (Å²) < 4.78 is 5.54. The van der Waals surface area contributed by atoms with Crippen molar-refractivity contribution in [2.45, 2.75) is 19.5 Å². The number of rotatable bonds is 9. The van der Waals surface area contributed by atoms with Gasteiger partial charge in [-0.25, -0.2) is 0 Å². The third-order valence-electron chi connectivity index (χ3n) is 5.35. The maximum absolute atomic E-state index is 9.08. The number of amidine groups is 1. The predicted octanol–water partition coefficient (Wildman–Crippen LogP) is 6.47. The number of nitrogens with zero attached hydrogens (tertiary/aromatic N) is 2. The number of hydrogen-bond acceptors (Lipinski definition) is 3. The molecule has 0 aliphatic rings. The van der Waals surface area contributed by atoms with Gasteiger partial charge in [0, 0.05) is 19.7 Å². The van der Waals surface area contributed by atoms with Gasteiger partial charge < -0.3 is 9.64 Å². The van der Waals surface area contributed by atoms with Gasteiger partial charge >= 0.3 is 0 Å². The Kier molecular flexibility index (Phi) is 8.78. The first-order chi connectivity index (χ1) is 16.1. The molecule has 0 saturated heterocycles. The molecule has 0 heterocycles. The minimum absolute atomic E-state index is 0.328. The summed E-state index contributed by atoms with van der Waals surface area (Å²) in [4.78, 5) is 6.80. The van der Waals surface area contributed by atoms with Crippen LogP contribution in [0.1, 0.15) is 29.8 Å². The molecule has 3 aromatic carbocycles. The van der Waals surface area contributed by atoms with E-state index in [0.717, 1.165) is 28.0 Å². The summed E-state index contributed by atoms with van der Waals surface area (Å²) in [6.45, 7) is 1.97. The van der Waals surface area contributed by atoms with E-state index in [2.05, 4.69) is 0 Å². The lowest BCUT2D eigenvalue weighted by molar-refractivity contribution is 0.386. The zero-order valence-corrected chi connectivity index (χ0v) is 19.5. The van der Waals surface area contributed by atoms with E-state index in [-0.39, 0.29) is 6.17 Å². The van der Waals surface area contributed by atoms with E-state index in [0.29, 0.717) is 12.3 Å². The highest BCUT2D eigenvalue weighted by atomic mass is 16.5. The number of para-hydroxylation sites is 1. The number of aliphatic imine (C=N–C) groups is 1. The number of allylic oxidation sites excluding steroid dienone is 3. The molecular weight excluding hydrogens is 406 g/mol. The maximum Gasteiger partial charge on any atom is 0.147 e. The van der Waals surface area contributed by atoms with E-state index in [1.807, 2.05) is 128 Å². The molecule has 0 radical (unpaired) electrons. The van der Waals surface area contributed by atoms with Gasteiger partial charge in [-0.1, -0.05) is 97.1 Å². The largest absolute Gasteiger partial charge is 0.496 e. The lowest BCUT2D eigenvalue weighted by Gasteiger charge is -2.29. The van der Waals surface area contributed by atoms with Crippen LogP contribution in [0.2, 0.25) is 0 Å². The Morgan fingerprint density at radius 3 is 2.27 bits per heavy atom. The average Bonchev–Trinajstić information content (AvgIpc) is 2.87. The SMILES string of the molecule is C/C=C\C=C(/Cc1ccccc1OC)C(=N)N(C)[C@@H](/N=C/c1ccccc1)c1ccccc1. The van der Waals surface area contributed by atoms with E-state index in [9.17, 15) is 0 Å². The second-order valence-corrected chi connectivity index (χ2v) is 7.64. The minimum atomic E-state index is -0.328. The van der Waals surface area contributed by atoms with Crippen molar-refractivity contribution >= 4 is 12.1 Å². The first kappa shape index (κ1) is 23.7. The highest BCUT2D eigenvalue weighted by Gasteiger charge is 2.21. The number of likely N-dealkylation sites (N-methyl/N-ethyl adjacent to an activating group) is 1. The highest BCUT2D eigenvalue weighted by molar-refractivity contribution is 5.97. The number of ether oxygens (including phenoxy) is 1. The third-order valence-corrected chi connectivity index (χ3v) is 5.35. The maximum atomic E-state index is 9.08. The molecule has 168 valence electrons. The molecule has 0 aromatic heterocycles. The molecule has 1 atom stereocenters. The Morgan fingerprint density at radius 2 is 1.61 bits per heavy atom. The standard InChI is InChI=1S/C29H31N3O/c1-4-5-16-26(21-25-19-12-13-20-27(25)33-3)28(30)32(2)29(24-17-10-7-11-18-24)31-22-23-14-8-6-9-15-23/h4-20,22,29-30H,21H2,1-3H3/b5-4-,26-16+,30-28?,31-22+/t29-/m1/s1. The summed E-state index contributed by atoms with van der Waals surface area (Å²) in [5.74, 6) is 1.24. The smallest absolute Gasteiger partial charge is 0.147 e. The molecule has 0 spiro atoms. The lowest BCUT2D eigenvalue weighted by Crippen LogP contribution is -2.31. The second kappa shape index (κ2) is 12.2. The van der Waals surface area contributed by atoms with E-state index < -0.39 is 0 Å². The van der Waals surface area contributed by atoms with Crippen LogP contribution < -0.4 is 4.74 Å². The zero-order valence-electron chi connectivity index (χ0n) is 19.5. The third kappa shape index (κ3) is 6.53. The van der Waals surface area contributed by atoms with Crippen LogP contribution in [0.5, 0.6) is 5.75 Å². The number of methoxy groups -OCH3 is 1. The van der Waals surface area contributed by atoms with Crippen molar-refractivity contribution in [3.63, 3.8) is 0 Å². The zero-order chi connectivity index (χ0) is 23.5. The molecule has 1 N–H and O–H groups in total. The summed E-state index contributed by atoms with van der Waals surface area (Å²) in [7, 11) is 3.60. The fraction of sp³-hybridized carbons (Fsp3) is 0.172. The van der Waals surface area contributed by atoms with Crippen LogP contribution in [0.4, 0.5) is 0 Å². The Balaban J connectivity index is 1.94. The number of benzene rings is 3. The predicted molar refractivity (Wildman–Crippen MR) is 138 cm³/mol. The Hall–Kier alpha value is -3.92. The van der Waals surface area contributed by atoms with Gasteiger partial charge in [0.15, 0.2) is 0 Å². The van der Waals surface area contributed by atoms with E-state index in [1.54, 1.807) is 7.11 Å². The molecule has 0 fully saturated rings. The first-order valence-electron chi connectivity index (χ1n) is 11.0. The van der Waals surface area contributed by atoms with Gasteiger partial charge in [-0.2, -0.15) is 0 Å². The molecule has 0 bridgehead atoms. The average molecular weight is 438 g/mol. The van der Waals surface area contributed by atoms with Crippen LogP contribution in [0.15, 0.2) is 114 Å². The van der Waals surface area contributed by atoms with Crippen LogP contribution in [-0.4, -0.2) is 31.1 Å². The van der Waals surface area contributed by atoms with Crippen molar-refractivity contribution in [1.29, 1.82) is 5.41 Å². The Labute approximate surface area is 197 Å². The quantitative estimate of drug-likeness (QED) is 0.237. The summed E-state index contributed by atoms with van der Waals surface area (Å²) >= 11 is 0. The second-order valence-electron chi connectivity index (χ2n) is 7.64. The van der Waals surface area contributed by atoms with Crippen molar-refractivity contribution in [3.8, 4) is 5.75 Å². The van der Waals surface area contributed by atoms with Crippen molar-refractivity contribution in [2.75, 3.05) is 14.2 Å². The van der Waals surface area contributed by atoms with Gasteiger partial charge in [0.2, 0.25) is 0 Å². The van der Waals surface area contributed by atoms with Gasteiger partial charge in [0.1, 0.15) is 17.8 Å². The van der Waals surface area contributed by atoms with Crippen LogP contribution in [-0.2, 0) is 6.42 Å². The Morgan fingerprint density at radius 1 is 0.970 bits per heavy atom. The lowest BCUT2D eigenvalue weighted by atomic mass is 10.0. The molecule has 4 nitrogen and oxygen atoms in total. The first-order valence-corrected chi connectivity index (χ1v) is 11.0. The molecule has 0 aliphatic carbocycles. The molecule has 0 unspecified atom stereocenters. The van der Waals surface area contributed by atoms with Crippen molar-refractivity contribution in [1.82, 2.24) is 4.90 Å². The van der Waals surface area contributed by atoms with Crippen molar-refractivity contribution in [3.05, 3.63) is 125 Å². The topological polar surface area (TPSA) is 48.7 Å². The Bertz CT molecular complexity index is 1120. The molecule has 4 heteroatoms. The fourth-order valence-corrected chi connectivity index (χ4v) is 3.57. The molecule has 0 saturated carbocycles. The summed E-state index contributed by atoms with van der Waals surface area (Å²) in [5, 5.41) is 9.08. The normalized spacial score (nSPS) is 12.8. The van der Waals surface area contributed by atoms with Gasteiger partial charge in [-0.05, 0) is 35.3 Å². The fourth-order valence-electron chi connectivity index (χ4n) is 3.57. The van der Waals surface area contributed by atoms with Gasteiger partial charge in [-0.15, -0.1) is 0 Å². The van der Waals surface area contributed by atoms with Crippen LogP contribution in [0, 0.1) is 5.41 Å². The van der Waals surface area contributed by atoms with Crippen molar-refractivity contribution < 1.29 is 4.74 Å². The number of hydrogen-bond donors (Lipinski definition) is 1. The van der Waals surface area contributed by atoms with Crippen LogP contribution in [0.3, 0.4) is 0 Å². The highest BCUT2D eigenvalue weighted by Crippen LogP contribution is 2.26. The molecule has 3 rings (SSSR count). The van der Waals surface area contributed by atoms with Crippen LogP contribution >= 0.6 is 0 Å². The van der Waals surface area contributed by atoms with Gasteiger partial charge in [0.05, 0.1) is 7.11 Å². The number of nitrogens with one attached hydrogen (secondary N) is 1. The monoisotopic (exact) mass is 437 g/mol. The molecule has 3 aromatic rings. The molecular formula is C29H31N3O. The molecule has 0 aliphatic heterocycles. The van der Waals surface area contributed by atoms with E-state index in [1.165, 1.54) is 0 Å². The summed E-state index contributed by atoms with van der Waals surface area (Å²) in [6.07, 6.45) is 8.06. The van der Waals surface area contributed by atoms with Crippen molar-refractivity contribution in [2.24, 2.45) is 4.99 Å². The minimum Gasteiger partial charge on any atom is -0.496 e. The van der Waals surface area contributed by atoms with E-state index >= 15 is 0 Å². The van der Waals surface area contributed by atoms with E-state index in [4.69, 9.17) is 15.1 Å². The molecule has 33 heavy (non-hydrogen) atoms. The van der Waals surface area contributed by atoms with Gasteiger partial charge in [0.25, 0.3) is 0 Å². The van der Waals surface area contributed by atoms with Gasteiger partial charge in [-0.3, -0.25) is 10.4 Å². The summed E-state index contributed by atoms with van der Waals surface area (Å²) in [6, 6.07) is 28.1.